The first-order valence-electron chi connectivity index (χ1n) is 5.61. The maximum atomic E-state index is 12.7. The van der Waals surface area contributed by atoms with Gasteiger partial charge in [0.15, 0.2) is 11.5 Å². The molecule has 2 heterocycles. The molecular weight excluding hydrogens is 263 g/mol. The monoisotopic (exact) mass is 275 g/mol. The summed E-state index contributed by atoms with van der Waals surface area (Å²) in [4.78, 5) is 14.9. The van der Waals surface area contributed by atoms with Crippen LogP contribution in [0.15, 0.2) is 6.33 Å². The molecule has 2 N–H and O–H groups in total. The molecule has 0 saturated carbocycles. The Labute approximate surface area is 106 Å². The van der Waals surface area contributed by atoms with Crippen LogP contribution in [-0.2, 0) is 6.18 Å². The lowest BCUT2D eigenvalue weighted by Crippen LogP contribution is -2.28. The molecule has 2 aromatic heterocycles. The number of aliphatic hydroxyl groups excluding tert-OH is 1. The van der Waals surface area contributed by atoms with Crippen LogP contribution in [0.1, 0.15) is 12.7 Å². The lowest BCUT2D eigenvalue weighted by Gasteiger charge is -2.21. The number of aromatic amines is 1. The highest BCUT2D eigenvalue weighted by Gasteiger charge is 2.36. The number of aromatic nitrogens is 4. The van der Waals surface area contributed by atoms with E-state index in [-0.39, 0.29) is 24.6 Å². The topological polar surface area (TPSA) is 77.9 Å². The Kier molecular flexibility index (Phi) is 3.56. The quantitative estimate of drug-likeness (QED) is 0.876. The molecule has 2 aromatic rings. The molecule has 0 atom stereocenters. The molecule has 0 aliphatic carbocycles. The van der Waals surface area contributed by atoms with E-state index in [0.29, 0.717) is 12.1 Å². The van der Waals surface area contributed by atoms with Gasteiger partial charge in [0.2, 0.25) is 5.82 Å². The number of hydrogen-bond acceptors (Lipinski definition) is 5. The standard InChI is InChI=1S/C10H12F3N5O/c1-2-18(3-4-19)8-6-7(15-5-14-6)16-9(17-8)10(11,12)13/h5,19H,2-4H2,1H3,(H,14,15,16,17). The Morgan fingerprint density at radius 3 is 2.68 bits per heavy atom. The minimum Gasteiger partial charge on any atom is -0.395 e. The largest absolute Gasteiger partial charge is 0.451 e. The molecule has 104 valence electrons. The molecule has 0 amide bonds. The van der Waals surface area contributed by atoms with Crippen LogP contribution < -0.4 is 4.90 Å². The summed E-state index contributed by atoms with van der Waals surface area (Å²) in [6.07, 6.45) is -3.38. The maximum Gasteiger partial charge on any atom is 0.451 e. The zero-order valence-corrected chi connectivity index (χ0v) is 10.1. The van der Waals surface area contributed by atoms with Gasteiger partial charge in [-0.2, -0.15) is 13.2 Å². The number of H-pyrrole nitrogens is 1. The summed E-state index contributed by atoms with van der Waals surface area (Å²) in [7, 11) is 0. The van der Waals surface area contributed by atoms with Gasteiger partial charge in [0.05, 0.1) is 12.9 Å². The van der Waals surface area contributed by atoms with Crippen molar-refractivity contribution in [3.05, 3.63) is 12.2 Å². The first-order chi connectivity index (χ1) is 8.97. The summed E-state index contributed by atoms with van der Waals surface area (Å²) in [6.45, 7) is 2.16. The number of fused-ring (bicyclic) bond motifs is 1. The van der Waals surface area contributed by atoms with Gasteiger partial charge in [-0.1, -0.05) is 0 Å². The molecule has 9 heteroatoms. The number of nitrogens with zero attached hydrogens (tertiary/aromatic N) is 4. The van der Waals surface area contributed by atoms with E-state index in [1.165, 1.54) is 11.2 Å². The molecule has 0 spiro atoms. The Morgan fingerprint density at radius 2 is 2.11 bits per heavy atom. The second-order valence-corrected chi connectivity index (χ2v) is 3.77. The molecule has 0 aliphatic heterocycles. The van der Waals surface area contributed by atoms with Gasteiger partial charge in [0.25, 0.3) is 0 Å². The smallest absolute Gasteiger partial charge is 0.395 e. The van der Waals surface area contributed by atoms with Crippen molar-refractivity contribution in [1.29, 1.82) is 0 Å². The molecule has 0 bridgehead atoms. The first-order valence-corrected chi connectivity index (χ1v) is 5.61. The third-order valence-corrected chi connectivity index (χ3v) is 2.57. The molecule has 2 rings (SSSR count). The Balaban J connectivity index is 2.59. The van der Waals surface area contributed by atoms with Crippen molar-refractivity contribution >= 4 is 17.0 Å². The number of likely N-dealkylation sites (N-methyl/N-ethyl adjacent to an activating group) is 1. The van der Waals surface area contributed by atoms with Crippen LogP contribution in [0.25, 0.3) is 11.2 Å². The summed E-state index contributed by atoms with van der Waals surface area (Å²) in [5.41, 5.74) is 0.275. The number of halogens is 3. The molecular formula is C10H12F3N5O. The average molecular weight is 275 g/mol. The summed E-state index contributed by atoms with van der Waals surface area (Å²) in [5.74, 6) is -1.15. The van der Waals surface area contributed by atoms with Gasteiger partial charge in [-0.3, -0.25) is 0 Å². The van der Waals surface area contributed by atoms with Crippen LogP contribution in [0.4, 0.5) is 19.0 Å². The Hall–Kier alpha value is -1.90. The summed E-state index contributed by atoms with van der Waals surface area (Å²) in [5, 5.41) is 8.95. The predicted octanol–water partition coefficient (Wildman–Crippen LogP) is 1.19. The summed E-state index contributed by atoms with van der Waals surface area (Å²) in [6, 6.07) is 0. The van der Waals surface area contributed by atoms with Crippen LogP contribution in [0.2, 0.25) is 0 Å². The van der Waals surface area contributed by atoms with E-state index in [1.807, 2.05) is 0 Å². The van der Waals surface area contributed by atoms with Crippen LogP contribution in [0.5, 0.6) is 0 Å². The molecule has 0 aromatic carbocycles. The molecule has 0 fully saturated rings. The van der Waals surface area contributed by atoms with E-state index in [4.69, 9.17) is 5.11 Å². The third-order valence-electron chi connectivity index (χ3n) is 2.57. The first kappa shape index (κ1) is 13.5. The van der Waals surface area contributed by atoms with E-state index in [2.05, 4.69) is 19.9 Å². The molecule has 19 heavy (non-hydrogen) atoms. The lowest BCUT2D eigenvalue weighted by molar-refractivity contribution is -0.144. The van der Waals surface area contributed by atoms with Gasteiger partial charge in [0, 0.05) is 13.1 Å². The molecule has 0 aliphatic rings. The minimum atomic E-state index is -4.64. The second-order valence-electron chi connectivity index (χ2n) is 3.77. The fourth-order valence-corrected chi connectivity index (χ4v) is 1.71. The minimum absolute atomic E-state index is 0.0475. The van der Waals surface area contributed by atoms with Gasteiger partial charge in [-0.25, -0.2) is 15.0 Å². The predicted molar refractivity (Wildman–Crippen MR) is 61.7 cm³/mol. The van der Waals surface area contributed by atoms with Gasteiger partial charge in [-0.15, -0.1) is 0 Å². The maximum absolute atomic E-state index is 12.7. The van der Waals surface area contributed by atoms with Crippen molar-refractivity contribution in [2.75, 3.05) is 24.6 Å². The molecule has 0 unspecified atom stereocenters. The SMILES string of the molecule is CCN(CCO)c1nc(C(F)(F)F)nc2nc[nH]c12. The molecule has 0 saturated heterocycles. The summed E-state index contributed by atoms with van der Waals surface area (Å²) < 4.78 is 38.2. The van der Waals surface area contributed by atoms with Crippen molar-refractivity contribution in [1.82, 2.24) is 19.9 Å². The van der Waals surface area contributed by atoms with Crippen molar-refractivity contribution in [2.45, 2.75) is 13.1 Å². The van der Waals surface area contributed by atoms with Gasteiger partial charge in [-0.05, 0) is 6.92 Å². The Morgan fingerprint density at radius 1 is 1.37 bits per heavy atom. The molecule has 6 nitrogen and oxygen atoms in total. The van der Waals surface area contributed by atoms with Gasteiger partial charge >= 0.3 is 6.18 Å². The third kappa shape index (κ3) is 2.60. The highest BCUT2D eigenvalue weighted by atomic mass is 19.4. The van der Waals surface area contributed by atoms with Crippen molar-refractivity contribution < 1.29 is 18.3 Å². The average Bonchev–Trinajstić information content (AvgIpc) is 2.82. The fraction of sp³-hybridized carbons (Fsp3) is 0.500. The number of aliphatic hydroxyl groups is 1. The van der Waals surface area contributed by atoms with Crippen LogP contribution in [-0.4, -0.2) is 44.7 Å². The highest BCUT2D eigenvalue weighted by Crippen LogP contribution is 2.30. The second kappa shape index (κ2) is 5.00. The van der Waals surface area contributed by atoms with Gasteiger partial charge in [0.1, 0.15) is 5.52 Å². The number of imidazole rings is 1. The molecule has 0 radical (unpaired) electrons. The van der Waals surface area contributed by atoms with Crippen molar-refractivity contribution in [3.63, 3.8) is 0 Å². The zero-order chi connectivity index (χ0) is 14.0. The number of alkyl halides is 3. The number of nitrogens with one attached hydrogen (secondary N) is 1. The van der Waals surface area contributed by atoms with Crippen LogP contribution >= 0.6 is 0 Å². The van der Waals surface area contributed by atoms with Crippen LogP contribution in [0.3, 0.4) is 0 Å². The summed E-state index contributed by atoms with van der Waals surface area (Å²) >= 11 is 0. The van der Waals surface area contributed by atoms with E-state index in [0.717, 1.165) is 0 Å². The van der Waals surface area contributed by atoms with E-state index in [1.54, 1.807) is 6.92 Å². The van der Waals surface area contributed by atoms with Gasteiger partial charge < -0.3 is 15.0 Å². The fourth-order valence-electron chi connectivity index (χ4n) is 1.71. The van der Waals surface area contributed by atoms with Crippen LogP contribution in [0, 0.1) is 0 Å². The number of anilines is 1. The number of rotatable bonds is 4. The lowest BCUT2D eigenvalue weighted by atomic mass is 10.4. The Bertz CT molecular complexity index is 568. The normalized spacial score (nSPS) is 12.1. The van der Waals surface area contributed by atoms with E-state index in [9.17, 15) is 13.2 Å². The van der Waals surface area contributed by atoms with Crippen molar-refractivity contribution in [2.24, 2.45) is 0 Å². The zero-order valence-electron chi connectivity index (χ0n) is 10.1. The highest BCUT2D eigenvalue weighted by molar-refractivity contribution is 5.83. The van der Waals surface area contributed by atoms with Crippen molar-refractivity contribution in [3.8, 4) is 0 Å². The van der Waals surface area contributed by atoms with E-state index >= 15 is 0 Å². The van der Waals surface area contributed by atoms with E-state index < -0.39 is 12.0 Å². The number of hydrogen-bond donors (Lipinski definition) is 2.